The van der Waals surface area contributed by atoms with E-state index in [1.807, 2.05) is 21.1 Å². The maximum absolute atomic E-state index is 12.3. The van der Waals surface area contributed by atoms with Crippen LogP contribution in [0.3, 0.4) is 0 Å². The van der Waals surface area contributed by atoms with Gasteiger partial charge in [-0.2, -0.15) is 0 Å². The van der Waals surface area contributed by atoms with Crippen LogP contribution < -0.4 is 0 Å². The van der Waals surface area contributed by atoms with E-state index in [1.54, 1.807) is 0 Å². The molecule has 1 N–H and O–H groups in total. The van der Waals surface area contributed by atoms with E-state index in [2.05, 4.69) is 6.92 Å². The Labute approximate surface area is 165 Å². The number of unbranched alkanes of at least 4 members (excludes halogenated alkanes) is 10. The summed E-state index contributed by atoms with van der Waals surface area (Å²) in [6.07, 6.45) is 14.0. The van der Waals surface area contributed by atoms with Gasteiger partial charge in [0.1, 0.15) is 11.7 Å². The number of quaternary nitrogens is 1. The summed E-state index contributed by atoms with van der Waals surface area (Å²) < 4.78 is 0.442. The second-order valence-electron chi connectivity index (χ2n) is 8.43. The first-order valence-corrected chi connectivity index (χ1v) is 10.8. The van der Waals surface area contributed by atoms with Crippen LogP contribution in [0.4, 0.5) is 0 Å². The van der Waals surface area contributed by atoms with Crippen molar-refractivity contribution in [3.05, 3.63) is 0 Å². The van der Waals surface area contributed by atoms with Crippen LogP contribution in [-0.2, 0) is 9.59 Å². The van der Waals surface area contributed by atoms with E-state index < -0.39 is 11.9 Å². The lowest BCUT2D eigenvalue weighted by Crippen LogP contribution is -2.44. The topological polar surface area (TPSA) is 54.4 Å². The maximum Gasteiger partial charge on any atom is 0.314 e. The average molecular weight is 391 g/mol. The number of carboxylic acids is 1. The van der Waals surface area contributed by atoms with E-state index >= 15 is 0 Å². The van der Waals surface area contributed by atoms with Crippen molar-refractivity contribution in [3.63, 3.8) is 0 Å². The third-order valence-corrected chi connectivity index (χ3v) is 5.75. The van der Waals surface area contributed by atoms with Gasteiger partial charge in [0, 0.05) is 12.8 Å². The van der Waals surface area contributed by atoms with E-state index in [0.717, 1.165) is 19.3 Å². The molecule has 0 heterocycles. The van der Waals surface area contributed by atoms with Crippen LogP contribution in [0.2, 0.25) is 0 Å². The van der Waals surface area contributed by atoms with Crippen LogP contribution in [0.5, 0.6) is 0 Å². The summed E-state index contributed by atoms with van der Waals surface area (Å²) in [5.74, 6) is -2.19. The fourth-order valence-corrected chi connectivity index (χ4v) is 3.20. The second-order valence-corrected chi connectivity index (χ2v) is 8.93. The molecule has 0 aromatic carbocycles. The lowest BCUT2D eigenvalue weighted by Gasteiger charge is -2.30. The molecule has 2 atom stereocenters. The molecule has 0 fully saturated rings. The first kappa shape index (κ1) is 25.4. The number of carboxylic acid groups (broad SMARTS) is 1. The molecule has 0 spiro atoms. The van der Waals surface area contributed by atoms with E-state index in [9.17, 15) is 14.7 Å². The van der Waals surface area contributed by atoms with Gasteiger partial charge in [-0.1, -0.05) is 82.7 Å². The van der Waals surface area contributed by atoms with Gasteiger partial charge in [0.15, 0.2) is 5.50 Å². The number of hydrogen-bond donors (Lipinski definition) is 1. The Bertz CT molecular complexity index is 393. The minimum absolute atomic E-state index is 0.174. The number of nitrogens with zero attached hydrogens (tertiary/aromatic N) is 1. The molecule has 4 nitrogen and oxygen atoms in total. The van der Waals surface area contributed by atoms with Gasteiger partial charge in [-0.15, -0.1) is 0 Å². The van der Waals surface area contributed by atoms with E-state index in [0.29, 0.717) is 10.9 Å². The molecule has 0 saturated heterocycles. The highest BCUT2D eigenvalue weighted by atomic mass is 35.5. The maximum atomic E-state index is 12.3. The Morgan fingerprint density at radius 1 is 0.846 bits per heavy atom. The molecule has 0 aliphatic heterocycles. The minimum Gasteiger partial charge on any atom is -0.481 e. The number of aliphatic carboxylic acids is 1. The fraction of sp³-hybridized carbons (Fsp3) is 0.905. The van der Waals surface area contributed by atoms with Gasteiger partial charge in [0.05, 0.1) is 21.1 Å². The molecule has 0 aromatic rings. The molecular weight excluding hydrogens is 350 g/mol. The monoisotopic (exact) mass is 390 g/mol. The van der Waals surface area contributed by atoms with Crippen LogP contribution in [-0.4, -0.2) is 48.0 Å². The fourth-order valence-electron chi connectivity index (χ4n) is 3.02. The number of carbonyl (C=O) groups is 2. The molecule has 154 valence electrons. The van der Waals surface area contributed by atoms with Crippen molar-refractivity contribution in [2.24, 2.45) is 5.92 Å². The molecule has 0 saturated carbocycles. The van der Waals surface area contributed by atoms with Gasteiger partial charge in [0.25, 0.3) is 0 Å². The molecule has 0 aliphatic carbocycles. The van der Waals surface area contributed by atoms with Crippen LogP contribution in [0.25, 0.3) is 0 Å². The van der Waals surface area contributed by atoms with Crippen molar-refractivity contribution < 1.29 is 19.2 Å². The van der Waals surface area contributed by atoms with Gasteiger partial charge in [-0.05, 0) is 6.42 Å². The normalized spacial score (nSPS) is 14.2. The zero-order chi connectivity index (χ0) is 20.0. The summed E-state index contributed by atoms with van der Waals surface area (Å²) >= 11 is 6.27. The summed E-state index contributed by atoms with van der Waals surface area (Å²) in [5.41, 5.74) is -0.377. The van der Waals surface area contributed by atoms with Crippen molar-refractivity contribution in [1.82, 2.24) is 0 Å². The van der Waals surface area contributed by atoms with Crippen molar-refractivity contribution in [1.29, 1.82) is 0 Å². The molecule has 26 heavy (non-hydrogen) atoms. The Morgan fingerprint density at radius 3 is 1.65 bits per heavy atom. The number of alkyl halides is 1. The first-order valence-electron chi connectivity index (χ1n) is 10.4. The molecule has 0 amide bonds. The summed E-state index contributed by atoms with van der Waals surface area (Å²) in [6, 6.07) is 0. The first-order chi connectivity index (χ1) is 12.2. The standard InChI is InChI=1S/C21H40ClNO3/c1-5-6-7-8-9-10-11-12-13-14-15-16-19(24)18(21(25)26)17-20(22)23(2,3)4/h18,20H,5-17H2,1-4H3/p+1/t18-,20+/m1/s1. The number of Topliss-reactive ketones (excluding diaryl/α,β-unsaturated/α-hetero) is 1. The van der Waals surface area contributed by atoms with Crippen LogP contribution in [0.1, 0.15) is 90.4 Å². The molecule has 0 radical (unpaired) electrons. The number of halogens is 1. The third kappa shape index (κ3) is 12.7. The number of carbonyl (C=O) groups excluding carboxylic acids is 1. The quantitative estimate of drug-likeness (QED) is 0.115. The highest BCUT2D eigenvalue weighted by Crippen LogP contribution is 2.21. The highest BCUT2D eigenvalue weighted by molar-refractivity contribution is 6.20. The van der Waals surface area contributed by atoms with Gasteiger partial charge >= 0.3 is 5.97 Å². The Morgan fingerprint density at radius 2 is 1.27 bits per heavy atom. The van der Waals surface area contributed by atoms with Crippen molar-refractivity contribution in [2.75, 3.05) is 21.1 Å². The zero-order valence-corrected chi connectivity index (χ0v) is 18.2. The SMILES string of the molecule is CCCCCCCCCCCCCC(=O)[C@@H](C[C@@H](Cl)[N+](C)(C)C)C(=O)O. The van der Waals surface area contributed by atoms with E-state index in [1.165, 1.54) is 51.4 Å². The predicted molar refractivity (Wildman–Crippen MR) is 110 cm³/mol. The summed E-state index contributed by atoms with van der Waals surface area (Å²) in [5, 5.41) is 9.35. The second kappa shape index (κ2) is 14.4. The summed E-state index contributed by atoms with van der Waals surface area (Å²) in [6.45, 7) is 2.24. The van der Waals surface area contributed by atoms with Crippen molar-refractivity contribution >= 4 is 23.4 Å². The van der Waals surface area contributed by atoms with E-state index in [-0.39, 0.29) is 17.7 Å². The predicted octanol–water partition coefficient (Wildman–Crippen LogP) is 5.62. The largest absolute Gasteiger partial charge is 0.481 e. The number of hydrogen-bond acceptors (Lipinski definition) is 2. The average Bonchev–Trinajstić information content (AvgIpc) is 2.55. The van der Waals surface area contributed by atoms with E-state index in [4.69, 9.17) is 11.6 Å². The molecule has 0 unspecified atom stereocenters. The third-order valence-electron chi connectivity index (χ3n) is 4.98. The van der Waals surface area contributed by atoms with Crippen LogP contribution >= 0.6 is 11.6 Å². The summed E-state index contributed by atoms with van der Waals surface area (Å²) in [4.78, 5) is 23.7. The van der Waals surface area contributed by atoms with Crippen molar-refractivity contribution in [2.45, 2.75) is 95.9 Å². The Hall–Kier alpha value is -0.610. The molecular formula is C21H41ClNO3+. The zero-order valence-electron chi connectivity index (χ0n) is 17.4. The molecule has 5 heteroatoms. The van der Waals surface area contributed by atoms with Gasteiger partial charge in [-0.3, -0.25) is 9.59 Å². The Kier molecular flexibility index (Phi) is 14.1. The number of ketones is 1. The highest BCUT2D eigenvalue weighted by Gasteiger charge is 2.33. The Balaban J connectivity index is 3.86. The van der Waals surface area contributed by atoms with Crippen LogP contribution in [0, 0.1) is 5.92 Å². The smallest absolute Gasteiger partial charge is 0.314 e. The van der Waals surface area contributed by atoms with Crippen molar-refractivity contribution in [3.8, 4) is 0 Å². The van der Waals surface area contributed by atoms with Gasteiger partial charge in [0.2, 0.25) is 0 Å². The van der Waals surface area contributed by atoms with Crippen LogP contribution in [0.15, 0.2) is 0 Å². The molecule has 0 rings (SSSR count). The molecule has 0 aromatic heterocycles. The van der Waals surface area contributed by atoms with Gasteiger partial charge in [-0.25, -0.2) is 0 Å². The lowest BCUT2D eigenvalue weighted by molar-refractivity contribution is -0.883. The summed E-state index contributed by atoms with van der Waals surface area (Å²) in [7, 11) is 5.72. The lowest BCUT2D eigenvalue weighted by atomic mass is 9.95. The molecule has 0 bridgehead atoms. The number of rotatable bonds is 17. The van der Waals surface area contributed by atoms with Gasteiger partial charge < -0.3 is 9.59 Å². The minimum atomic E-state index is -1.04. The molecule has 0 aliphatic rings.